The highest BCUT2D eigenvalue weighted by atomic mass is 16.3. The van der Waals surface area contributed by atoms with Gasteiger partial charge >= 0.3 is 0 Å². The first kappa shape index (κ1) is 14.7. The molecule has 0 aliphatic carbocycles. The van der Waals surface area contributed by atoms with Gasteiger partial charge in [0.1, 0.15) is 18.0 Å². The highest BCUT2D eigenvalue weighted by Gasteiger charge is 2.16. The summed E-state index contributed by atoms with van der Waals surface area (Å²) in [7, 11) is 0. The van der Waals surface area contributed by atoms with Gasteiger partial charge in [0.15, 0.2) is 0 Å². The fourth-order valence-electron chi connectivity index (χ4n) is 1.79. The molecule has 0 amide bonds. The van der Waals surface area contributed by atoms with Gasteiger partial charge in [-0.2, -0.15) is 0 Å². The summed E-state index contributed by atoms with van der Waals surface area (Å²) in [5.74, 6) is 2.03. The van der Waals surface area contributed by atoms with Crippen molar-refractivity contribution in [3.05, 3.63) is 11.9 Å². The molecule has 1 heterocycles. The lowest BCUT2D eigenvalue weighted by molar-refractivity contribution is 0.249. The summed E-state index contributed by atoms with van der Waals surface area (Å²) >= 11 is 0. The van der Waals surface area contributed by atoms with E-state index >= 15 is 0 Å². The number of anilines is 2. The van der Waals surface area contributed by atoms with E-state index < -0.39 is 0 Å². The molecule has 0 aromatic carbocycles. The zero-order chi connectivity index (χ0) is 13.5. The van der Waals surface area contributed by atoms with Crippen LogP contribution in [0, 0.1) is 5.92 Å². The summed E-state index contributed by atoms with van der Waals surface area (Å²) in [6.07, 6.45) is 2.40. The van der Waals surface area contributed by atoms with Gasteiger partial charge in [-0.05, 0) is 19.3 Å². The number of nitrogens with one attached hydrogen (secondary N) is 2. The number of aliphatic hydroxyl groups is 1. The lowest BCUT2D eigenvalue weighted by Gasteiger charge is -2.22. The van der Waals surface area contributed by atoms with Crippen LogP contribution in [0.4, 0.5) is 11.6 Å². The molecule has 5 heteroatoms. The first-order chi connectivity index (χ1) is 8.63. The minimum absolute atomic E-state index is 0.0136. The highest BCUT2D eigenvalue weighted by molar-refractivity contribution is 5.57. The first-order valence-electron chi connectivity index (χ1n) is 6.59. The van der Waals surface area contributed by atoms with Crippen LogP contribution in [0.1, 0.15) is 33.3 Å². The minimum atomic E-state index is 0.0136. The van der Waals surface area contributed by atoms with Crippen LogP contribution >= 0.6 is 0 Å². The molecule has 0 spiro atoms. The molecule has 0 radical (unpaired) electrons. The molecule has 1 rings (SSSR count). The van der Waals surface area contributed by atoms with Gasteiger partial charge in [-0.15, -0.1) is 0 Å². The van der Waals surface area contributed by atoms with Crippen LogP contribution < -0.4 is 10.6 Å². The topological polar surface area (TPSA) is 70.1 Å². The second-order valence-electron chi connectivity index (χ2n) is 4.61. The molecule has 3 N–H and O–H groups in total. The molecule has 0 aliphatic heterocycles. The molecule has 0 saturated heterocycles. The van der Waals surface area contributed by atoms with E-state index in [1.165, 1.54) is 0 Å². The van der Waals surface area contributed by atoms with E-state index in [4.69, 9.17) is 0 Å². The zero-order valence-electron chi connectivity index (χ0n) is 11.7. The van der Waals surface area contributed by atoms with Crippen LogP contribution in [0.2, 0.25) is 0 Å². The maximum Gasteiger partial charge on any atom is 0.135 e. The van der Waals surface area contributed by atoms with Crippen molar-refractivity contribution in [3.8, 4) is 0 Å². The maximum atomic E-state index is 9.37. The number of hydrogen-bond donors (Lipinski definition) is 3. The Kier molecular flexibility index (Phi) is 5.85. The summed E-state index contributed by atoms with van der Waals surface area (Å²) in [6.45, 7) is 9.20. The Morgan fingerprint density at radius 1 is 1.22 bits per heavy atom. The number of hydrogen-bond acceptors (Lipinski definition) is 5. The molecular formula is C13H24N4O. The van der Waals surface area contributed by atoms with Gasteiger partial charge in [-0.25, -0.2) is 9.97 Å². The Bertz CT molecular complexity index is 368. The van der Waals surface area contributed by atoms with Crippen LogP contribution in [0.5, 0.6) is 0 Å². The van der Waals surface area contributed by atoms with Crippen molar-refractivity contribution in [1.29, 1.82) is 0 Å². The van der Waals surface area contributed by atoms with Crippen LogP contribution in [-0.2, 0) is 6.42 Å². The smallest absolute Gasteiger partial charge is 0.135 e. The lowest BCUT2D eigenvalue weighted by atomic mass is 10.0. The van der Waals surface area contributed by atoms with Crippen molar-refractivity contribution in [2.24, 2.45) is 5.92 Å². The second kappa shape index (κ2) is 7.16. The van der Waals surface area contributed by atoms with E-state index in [0.717, 1.165) is 30.2 Å². The third-order valence-corrected chi connectivity index (χ3v) is 2.97. The molecule has 1 aromatic heterocycles. The average molecular weight is 252 g/mol. The van der Waals surface area contributed by atoms with Gasteiger partial charge in [0.2, 0.25) is 0 Å². The number of nitrogens with zero attached hydrogens (tertiary/aromatic N) is 2. The summed E-state index contributed by atoms with van der Waals surface area (Å²) in [4.78, 5) is 8.54. The standard InChI is InChI=1S/C13H24N4O/c1-5-10-12(14-6-2)15-8-16-13(10)17-11(7-18)9(3)4/h8-9,11,18H,5-7H2,1-4H3,(H2,14,15,16,17). The van der Waals surface area contributed by atoms with Crippen LogP contribution in [0.15, 0.2) is 6.33 Å². The molecular weight excluding hydrogens is 228 g/mol. The van der Waals surface area contributed by atoms with Crippen LogP contribution in [-0.4, -0.2) is 34.3 Å². The van der Waals surface area contributed by atoms with E-state index in [0.29, 0.717) is 5.92 Å². The number of rotatable bonds is 7. The normalized spacial score (nSPS) is 12.6. The molecule has 18 heavy (non-hydrogen) atoms. The quantitative estimate of drug-likeness (QED) is 0.691. The maximum absolute atomic E-state index is 9.37. The van der Waals surface area contributed by atoms with E-state index in [1.54, 1.807) is 6.33 Å². The molecule has 102 valence electrons. The van der Waals surface area contributed by atoms with Gasteiger partial charge in [-0.3, -0.25) is 0 Å². The monoisotopic (exact) mass is 252 g/mol. The van der Waals surface area contributed by atoms with Gasteiger partial charge in [0, 0.05) is 12.1 Å². The van der Waals surface area contributed by atoms with E-state index in [1.807, 2.05) is 6.92 Å². The van der Waals surface area contributed by atoms with Crippen molar-refractivity contribution in [3.63, 3.8) is 0 Å². The van der Waals surface area contributed by atoms with Crippen molar-refractivity contribution < 1.29 is 5.11 Å². The Hall–Kier alpha value is -1.36. The predicted molar refractivity (Wildman–Crippen MR) is 74.9 cm³/mol. The predicted octanol–water partition coefficient (Wildman–Crippen LogP) is 1.90. The molecule has 0 saturated carbocycles. The zero-order valence-corrected chi connectivity index (χ0v) is 11.7. The Morgan fingerprint density at radius 2 is 1.89 bits per heavy atom. The molecule has 0 bridgehead atoms. The van der Waals surface area contributed by atoms with Crippen LogP contribution in [0.25, 0.3) is 0 Å². The molecule has 0 aliphatic rings. The van der Waals surface area contributed by atoms with E-state index in [9.17, 15) is 5.11 Å². The van der Waals surface area contributed by atoms with Crippen molar-refractivity contribution in [2.45, 2.75) is 40.2 Å². The SMILES string of the molecule is CCNc1ncnc(NC(CO)C(C)C)c1CC. The highest BCUT2D eigenvalue weighted by Crippen LogP contribution is 2.22. The fourth-order valence-corrected chi connectivity index (χ4v) is 1.79. The van der Waals surface area contributed by atoms with Gasteiger partial charge < -0.3 is 15.7 Å². The van der Waals surface area contributed by atoms with Crippen molar-refractivity contribution in [2.75, 3.05) is 23.8 Å². The van der Waals surface area contributed by atoms with E-state index in [2.05, 4.69) is 41.4 Å². The summed E-state index contributed by atoms with van der Waals surface area (Å²) in [6, 6.07) is 0.0136. The molecule has 1 aromatic rings. The minimum Gasteiger partial charge on any atom is -0.394 e. The Labute approximate surface area is 109 Å². The number of aliphatic hydroxyl groups excluding tert-OH is 1. The van der Waals surface area contributed by atoms with Crippen molar-refractivity contribution in [1.82, 2.24) is 9.97 Å². The Morgan fingerprint density at radius 3 is 2.39 bits per heavy atom. The molecule has 5 nitrogen and oxygen atoms in total. The third kappa shape index (κ3) is 3.57. The van der Waals surface area contributed by atoms with Gasteiger partial charge in [0.05, 0.1) is 12.6 Å². The molecule has 1 atom stereocenters. The first-order valence-corrected chi connectivity index (χ1v) is 6.59. The van der Waals surface area contributed by atoms with Gasteiger partial charge in [0.25, 0.3) is 0 Å². The van der Waals surface area contributed by atoms with Crippen LogP contribution in [0.3, 0.4) is 0 Å². The third-order valence-electron chi connectivity index (χ3n) is 2.97. The summed E-state index contributed by atoms with van der Waals surface area (Å²) in [5.41, 5.74) is 1.07. The molecule has 1 unspecified atom stereocenters. The summed E-state index contributed by atoms with van der Waals surface area (Å²) in [5, 5.41) is 15.9. The fraction of sp³-hybridized carbons (Fsp3) is 0.692. The van der Waals surface area contributed by atoms with Gasteiger partial charge in [-0.1, -0.05) is 20.8 Å². The molecule has 0 fully saturated rings. The second-order valence-corrected chi connectivity index (χ2v) is 4.61. The average Bonchev–Trinajstić information content (AvgIpc) is 2.36. The number of aromatic nitrogens is 2. The summed E-state index contributed by atoms with van der Waals surface area (Å²) < 4.78 is 0. The Balaban J connectivity index is 2.97. The van der Waals surface area contributed by atoms with E-state index in [-0.39, 0.29) is 12.6 Å². The van der Waals surface area contributed by atoms with Crippen molar-refractivity contribution >= 4 is 11.6 Å². The lowest BCUT2D eigenvalue weighted by Crippen LogP contribution is -2.30. The largest absolute Gasteiger partial charge is 0.394 e.